The summed E-state index contributed by atoms with van der Waals surface area (Å²) in [6.45, 7) is 5.28. The molecule has 2 rings (SSSR count). The van der Waals surface area contributed by atoms with E-state index in [1.165, 1.54) is 0 Å². The zero-order valence-electron chi connectivity index (χ0n) is 14.1. The fraction of sp³-hybridized carbons (Fsp3) is 0.278. The predicted molar refractivity (Wildman–Crippen MR) is 98.7 cm³/mol. The second kappa shape index (κ2) is 7.85. The summed E-state index contributed by atoms with van der Waals surface area (Å²) in [5, 5.41) is 3.18. The topological polar surface area (TPSA) is 68.3 Å². The summed E-state index contributed by atoms with van der Waals surface area (Å²) >= 11 is 12.0. The summed E-state index contributed by atoms with van der Waals surface area (Å²) in [4.78, 5) is 27.3. The molecule has 1 aromatic carbocycles. The number of hydrogen-bond donors (Lipinski definition) is 1. The van der Waals surface area contributed by atoms with Gasteiger partial charge in [0.25, 0.3) is 0 Å². The van der Waals surface area contributed by atoms with Crippen molar-refractivity contribution in [1.82, 2.24) is 4.98 Å². The van der Waals surface area contributed by atoms with Crippen LogP contribution in [0.25, 0.3) is 0 Å². The normalized spacial score (nSPS) is 11.1. The minimum atomic E-state index is -0.646. The van der Waals surface area contributed by atoms with E-state index in [4.69, 9.17) is 27.9 Å². The number of halogens is 2. The molecule has 0 aliphatic rings. The second-order valence-corrected chi connectivity index (χ2v) is 7.21. The molecule has 0 saturated heterocycles. The number of anilines is 1. The van der Waals surface area contributed by atoms with Gasteiger partial charge in [-0.15, -0.1) is 0 Å². The molecule has 5 nitrogen and oxygen atoms in total. The van der Waals surface area contributed by atoms with Crippen LogP contribution in [-0.2, 0) is 11.2 Å². The van der Waals surface area contributed by atoms with E-state index in [0.717, 1.165) is 5.56 Å². The highest BCUT2D eigenvalue weighted by molar-refractivity contribution is 6.32. The summed E-state index contributed by atoms with van der Waals surface area (Å²) in [7, 11) is 0. The first-order chi connectivity index (χ1) is 11.7. The Balaban J connectivity index is 2.28. The van der Waals surface area contributed by atoms with Gasteiger partial charge in [0, 0.05) is 5.02 Å². The molecule has 0 fully saturated rings. The van der Waals surface area contributed by atoms with Crippen LogP contribution in [0.4, 0.5) is 10.6 Å². The summed E-state index contributed by atoms with van der Waals surface area (Å²) in [6, 6.07) is 8.84. The van der Waals surface area contributed by atoms with Gasteiger partial charge in [-0.25, -0.2) is 9.78 Å². The standard InChI is InChI=1S/C18H18Cl2N2O3/c1-18(2,3)25-17(24)22-15-9-12(14(10-23)16(20)21-15)8-11-4-6-13(19)7-5-11/h4-7,9-10H,8H2,1-3H3,(H,21,22,24). The van der Waals surface area contributed by atoms with E-state index in [1.807, 2.05) is 12.1 Å². The number of carbonyl (C=O) groups is 2. The molecule has 0 bridgehead atoms. The quantitative estimate of drug-likeness (QED) is 0.588. The van der Waals surface area contributed by atoms with Crippen LogP contribution in [-0.4, -0.2) is 23.0 Å². The number of nitrogens with one attached hydrogen (secondary N) is 1. The van der Waals surface area contributed by atoms with Crippen molar-refractivity contribution in [2.75, 3.05) is 5.32 Å². The molecule has 0 radical (unpaired) electrons. The molecule has 2 aromatic rings. The van der Waals surface area contributed by atoms with Gasteiger partial charge < -0.3 is 4.74 Å². The van der Waals surface area contributed by atoms with Crippen molar-refractivity contribution >= 4 is 41.4 Å². The van der Waals surface area contributed by atoms with Crippen LogP contribution in [0.3, 0.4) is 0 Å². The van der Waals surface area contributed by atoms with Gasteiger partial charge in [0.15, 0.2) is 6.29 Å². The Hall–Kier alpha value is -2.11. The zero-order valence-corrected chi connectivity index (χ0v) is 15.6. The Bertz CT molecular complexity index is 784. The largest absolute Gasteiger partial charge is 0.444 e. The van der Waals surface area contributed by atoms with Gasteiger partial charge in [0.2, 0.25) is 0 Å². The van der Waals surface area contributed by atoms with E-state index in [-0.39, 0.29) is 16.5 Å². The summed E-state index contributed by atoms with van der Waals surface area (Å²) in [5.74, 6) is 0.216. The van der Waals surface area contributed by atoms with E-state index in [0.29, 0.717) is 23.3 Å². The first kappa shape index (κ1) is 19.2. The molecule has 1 heterocycles. The molecule has 0 spiro atoms. The van der Waals surface area contributed by atoms with Crippen LogP contribution in [0.5, 0.6) is 0 Å². The van der Waals surface area contributed by atoms with Crippen LogP contribution >= 0.6 is 23.2 Å². The third-order valence-electron chi connectivity index (χ3n) is 3.15. The third-order valence-corrected chi connectivity index (χ3v) is 3.69. The zero-order chi connectivity index (χ0) is 18.6. The maximum atomic E-state index is 11.9. The maximum Gasteiger partial charge on any atom is 0.413 e. The van der Waals surface area contributed by atoms with Crippen molar-refractivity contribution < 1.29 is 14.3 Å². The Kier molecular flexibility index (Phi) is 6.03. The lowest BCUT2D eigenvalue weighted by Gasteiger charge is -2.19. The predicted octanol–water partition coefficient (Wildman–Crippen LogP) is 5.14. The van der Waals surface area contributed by atoms with Crippen molar-refractivity contribution in [1.29, 1.82) is 0 Å². The van der Waals surface area contributed by atoms with Crippen molar-refractivity contribution in [2.24, 2.45) is 0 Å². The number of carbonyl (C=O) groups excluding carboxylic acids is 2. The van der Waals surface area contributed by atoms with Crippen LogP contribution < -0.4 is 5.32 Å². The van der Waals surface area contributed by atoms with E-state index in [9.17, 15) is 9.59 Å². The molecule has 0 saturated carbocycles. The van der Waals surface area contributed by atoms with Crippen molar-refractivity contribution in [3.05, 3.63) is 57.2 Å². The van der Waals surface area contributed by atoms with Crippen LogP contribution in [0.2, 0.25) is 10.2 Å². The van der Waals surface area contributed by atoms with E-state index >= 15 is 0 Å². The van der Waals surface area contributed by atoms with E-state index in [1.54, 1.807) is 39.0 Å². The van der Waals surface area contributed by atoms with Crippen LogP contribution in [0.1, 0.15) is 42.3 Å². The fourth-order valence-electron chi connectivity index (χ4n) is 2.14. The van der Waals surface area contributed by atoms with Gasteiger partial charge in [-0.1, -0.05) is 35.3 Å². The van der Waals surface area contributed by atoms with Gasteiger partial charge in [-0.2, -0.15) is 0 Å². The first-order valence-electron chi connectivity index (χ1n) is 7.57. The highest BCUT2D eigenvalue weighted by Crippen LogP contribution is 2.24. The number of aromatic nitrogens is 1. The molecule has 25 heavy (non-hydrogen) atoms. The second-order valence-electron chi connectivity index (χ2n) is 6.42. The lowest BCUT2D eigenvalue weighted by atomic mass is 10.0. The van der Waals surface area contributed by atoms with Crippen LogP contribution in [0.15, 0.2) is 30.3 Å². The number of pyridine rings is 1. The van der Waals surface area contributed by atoms with Gasteiger partial charge in [-0.05, 0) is 56.5 Å². The SMILES string of the molecule is CC(C)(C)OC(=O)Nc1cc(Cc2ccc(Cl)cc2)c(C=O)c(Cl)n1. The molecule has 0 atom stereocenters. The number of amides is 1. The highest BCUT2D eigenvalue weighted by Gasteiger charge is 2.18. The van der Waals surface area contributed by atoms with Crippen molar-refractivity contribution in [3.8, 4) is 0 Å². The van der Waals surface area contributed by atoms with Crippen molar-refractivity contribution in [3.63, 3.8) is 0 Å². The lowest BCUT2D eigenvalue weighted by Crippen LogP contribution is -2.27. The van der Waals surface area contributed by atoms with Gasteiger partial charge >= 0.3 is 6.09 Å². The molecule has 0 aliphatic heterocycles. The number of nitrogens with zero attached hydrogens (tertiary/aromatic N) is 1. The molecule has 132 valence electrons. The highest BCUT2D eigenvalue weighted by atomic mass is 35.5. The van der Waals surface area contributed by atoms with Gasteiger partial charge in [-0.3, -0.25) is 10.1 Å². The number of hydrogen-bond acceptors (Lipinski definition) is 4. The average molecular weight is 381 g/mol. The van der Waals surface area contributed by atoms with Gasteiger partial charge in [0.05, 0.1) is 5.56 Å². The summed E-state index contributed by atoms with van der Waals surface area (Å²) in [6.07, 6.45) is 0.446. The average Bonchev–Trinajstić information content (AvgIpc) is 2.47. The smallest absolute Gasteiger partial charge is 0.413 e. The summed E-state index contributed by atoms with van der Waals surface area (Å²) in [5.41, 5.74) is 1.23. The molecule has 0 unspecified atom stereocenters. The molecule has 1 aromatic heterocycles. The minimum absolute atomic E-state index is 0.0209. The number of ether oxygens (including phenoxy) is 1. The lowest BCUT2D eigenvalue weighted by molar-refractivity contribution is 0.0635. The molecule has 0 aliphatic carbocycles. The number of benzene rings is 1. The Morgan fingerprint density at radius 1 is 1.24 bits per heavy atom. The first-order valence-corrected chi connectivity index (χ1v) is 8.32. The monoisotopic (exact) mass is 380 g/mol. The number of aldehydes is 1. The van der Waals surface area contributed by atoms with E-state index < -0.39 is 11.7 Å². The molecule has 7 heteroatoms. The number of rotatable bonds is 4. The molecule has 1 N–H and O–H groups in total. The molecule has 1 amide bonds. The van der Waals surface area contributed by atoms with E-state index in [2.05, 4.69) is 10.3 Å². The Labute approximate surface area is 156 Å². The van der Waals surface area contributed by atoms with Gasteiger partial charge in [0.1, 0.15) is 16.6 Å². The molecular weight excluding hydrogens is 363 g/mol. The Morgan fingerprint density at radius 3 is 2.44 bits per heavy atom. The molecular formula is C18H18Cl2N2O3. The third kappa shape index (κ3) is 5.73. The van der Waals surface area contributed by atoms with Crippen molar-refractivity contribution in [2.45, 2.75) is 32.8 Å². The summed E-state index contributed by atoms with van der Waals surface area (Å²) < 4.78 is 5.19. The van der Waals surface area contributed by atoms with Crippen LogP contribution in [0, 0.1) is 0 Å². The fourth-order valence-corrected chi connectivity index (χ4v) is 2.52. The Morgan fingerprint density at radius 2 is 1.88 bits per heavy atom. The minimum Gasteiger partial charge on any atom is -0.444 e. The maximum absolute atomic E-state index is 11.9.